The van der Waals surface area contributed by atoms with Gasteiger partial charge in [0.15, 0.2) is 5.44 Å². The van der Waals surface area contributed by atoms with Gasteiger partial charge in [-0.3, -0.25) is 0 Å². The first-order valence-corrected chi connectivity index (χ1v) is 12.1. The Labute approximate surface area is 178 Å². The van der Waals surface area contributed by atoms with E-state index in [-0.39, 0.29) is 5.41 Å². The molecule has 0 aromatic heterocycles. The maximum Gasteiger partial charge on any atom is 0.510 e. The van der Waals surface area contributed by atoms with Gasteiger partial charge in [0.2, 0.25) is 15.3 Å². The highest BCUT2D eigenvalue weighted by molar-refractivity contribution is 8.01. The summed E-state index contributed by atoms with van der Waals surface area (Å²) in [6.07, 6.45) is -1.63. The average molecular weight is 433 g/mol. The molecule has 2 aromatic rings. The van der Waals surface area contributed by atoms with Crippen molar-refractivity contribution in [1.29, 1.82) is 0 Å². The molecule has 29 heavy (non-hydrogen) atoms. The van der Waals surface area contributed by atoms with E-state index in [0.717, 1.165) is 10.4 Å². The molecule has 7 heteroatoms. The van der Waals surface area contributed by atoms with E-state index in [4.69, 9.17) is 18.6 Å². The van der Waals surface area contributed by atoms with Crippen molar-refractivity contribution in [1.82, 2.24) is 0 Å². The Kier molecular flexibility index (Phi) is 6.73. The molecular formula is C22H28O5SSi. The van der Waals surface area contributed by atoms with Gasteiger partial charge in [-0.2, -0.15) is 0 Å². The van der Waals surface area contributed by atoms with Crippen LogP contribution in [0.25, 0.3) is 0 Å². The molecule has 1 saturated heterocycles. The summed E-state index contributed by atoms with van der Waals surface area (Å²) in [5.74, 6) is 0. The normalized spacial score (nSPS) is 24.5. The summed E-state index contributed by atoms with van der Waals surface area (Å²) in [6, 6.07) is 20.4. The first-order chi connectivity index (χ1) is 13.7. The van der Waals surface area contributed by atoms with E-state index in [9.17, 15) is 4.79 Å². The topological polar surface area (TPSA) is 54.0 Å². The maximum atomic E-state index is 11.8. The van der Waals surface area contributed by atoms with E-state index in [1.807, 2.05) is 43.3 Å². The molecule has 3 rings (SSSR count). The number of ether oxygens (including phenoxy) is 3. The van der Waals surface area contributed by atoms with Gasteiger partial charge in [-0.1, -0.05) is 93.2 Å². The van der Waals surface area contributed by atoms with Crippen molar-refractivity contribution >= 4 is 37.3 Å². The first kappa shape index (κ1) is 21.9. The minimum atomic E-state index is -2.04. The van der Waals surface area contributed by atoms with Crippen LogP contribution in [0.5, 0.6) is 0 Å². The van der Waals surface area contributed by atoms with Gasteiger partial charge in [0.1, 0.15) is 4.93 Å². The maximum absolute atomic E-state index is 11.8. The van der Waals surface area contributed by atoms with Gasteiger partial charge in [0.25, 0.3) is 0 Å². The van der Waals surface area contributed by atoms with Crippen LogP contribution in [0.2, 0.25) is 0 Å². The van der Waals surface area contributed by atoms with Crippen LogP contribution in [0.1, 0.15) is 27.7 Å². The highest BCUT2D eigenvalue weighted by Crippen LogP contribution is 2.52. The van der Waals surface area contributed by atoms with Crippen molar-refractivity contribution in [3.8, 4) is 0 Å². The molecule has 1 aliphatic rings. The Morgan fingerprint density at radius 2 is 1.55 bits per heavy atom. The fraction of sp³-hybridized carbons (Fsp3) is 0.409. The summed E-state index contributed by atoms with van der Waals surface area (Å²) < 4.78 is 23.0. The Bertz CT molecular complexity index is 771. The Morgan fingerprint density at radius 3 is 2.00 bits per heavy atom. The zero-order valence-corrected chi connectivity index (χ0v) is 19.4. The zero-order valence-electron chi connectivity index (χ0n) is 17.5. The van der Waals surface area contributed by atoms with E-state index in [2.05, 4.69) is 45.0 Å². The molecule has 1 heterocycles. The van der Waals surface area contributed by atoms with E-state index < -0.39 is 31.9 Å². The average Bonchev–Trinajstić information content (AvgIpc) is 3.03. The molecule has 1 fully saturated rings. The summed E-state index contributed by atoms with van der Waals surface area (Å²) in [7, 11) is -0.755. The minimum Gasteiger partial charge on any atom is -0.438 e. The van der Waals surface area contributed by atoms with E-state index in [0.29, 0.717) is 0 Å². The van der Waals surface area contributed by atoms with Gasteiger partial charge in [-0.15, -0.1) is 0 Å². The molecule has 1 unspecified atom stereocenters. The summed E-state index contributed by atoms with van der Waals surface area (Å²) in [4.78, 5) is 11.2. The van der Waals surface area contributed by atoms with Crippen LogP contribution >= 0.6 is 11.8 Å². The van der Waals surface area contributed by atoms with Crippen LogP contribution in [-0.4, -0.2) is 39.0 Å². The molecule has 1 aliphatic heterocycles. The van der Waals surface area contributed by atoms with Gasteiger partial charge >= 0.3 is 6.16 Å². The lowest BCUT2D eigenvalue weighted by molar-refractivity contribution is -0.182. The van der Waals surface area contributed by atoms with Gasteiger partial charge in [0.05, 0.1) is 7.11 Å². The highest BCUT2D eigenvalue weighted by Gasteiger charge is 2.53. The fourth-order valence-corrected chi connectivity index (χ4v) is 6.95. The molecule has 5 nitrogen and oxygen atoms in total. The van der Waals surface area contributed by atoms with Crippen LogP contribution in [0, 0.1) is 5.41 Å². The van der Waals surface area contributed by atoms with Crippen LogP contribution in [0.3, 0.4) is 0 Å². The van der Waals surface area contributed by atoms with E-state index >= 15 is 0 Å². The number of thioether (sulfide) groups is 1. The van der Waals surface area contributed by atoms with Crippen molar-refractivity contribution in [3.63, 3.8) is 0 Å². The molecule has 0 spiro atoms. The molecule has 0 radical (unpaired) electrons. The lowest BCUT2D eigenvalue weighted by Gasteiger charge is -2.36. The van der Waals surface area contributed by atoms with E-state index in [1.165, 1.54) is 7.11 Å². The number of carbonyl (C=O) groups excluding carboxylic acids is 1. The number of hydrogen-bond donors (Lipinski definition) is 0. The van der Waals surface area contributed by atoms with Crippen molar-refractivity contribution in [2.45, 2.75) is 44.4 Å². The predicted molar refractivity (Wildman–Crippen MR) is 118 cm³/mol. The number of methoxy groups -OCH3 is 1. The van der Waals surface area contributed by atoms with Gasteiger partial charge in [-0.25, -0.2) is 4.79 Å². The molecule has 3 atom stereocenters. The lowest BCUT2D eigenvalue weighted by atomic mass is 9.89. The van der Waals surface area contributed by atoms with Crippen molar-refractivity contribution in [3.05, 3.63) is 60.7 Å². The second-order valence-electron chi connectivity index (χ2n) is 8.08. The molecule has 0 amide bonds. The molecule has 0 aliphatic carbocycles. The van der Waals surface area contributed by atoms with Crippen LogP contribution in [-0.2, 0) is 18.6 Å². The van der Waals surface area contributed by atoms with E-state index in [1.54, 1.807) is 11.8 Å². The largest absolute Gasteiger partial charge is 0.510 e. The van der Waals surface area contributed by atoms with Gasteiger partial charge in [0, 0.05) is 5.41 Å². The Hall–Kier alpha value is -1.80. The fourth-order valence-electron chi connectivity index (χ4n) is 2.99. The third-order valence-corrected chi connectivity index (χ3v) is 9.59. The van der Waals surface area contributed by atoms with Crippen molar-refractivity contribution in [2.24, 2.45) is 5.41 Å². The summed E-state index contributed by atoms with van der Waals surface area (Å²) in [5, 5.41) is 2.31. The van der Waals surface area contributed by atoms with Crippen LogP contribution in [0.4, 0.5) is 4.79 Å². The van der Waals surface area contributed by atoms with Crippen molar-refractivity contribution < 1.29 is 23.4 Å². The summed E-state index contributed by atoms with van der Waals surface area (Å²) in [5.41, 5.74) is -0.653. The monoisotopic (exact) mass is 432 g/mol. The smallest absolute Gasteiger partial charge is 0.438 e. The molecular weight excluding hydrogens is 404 g/mol. The van der Waals surface area contributed by atoms with Gasteiger partial charge < -0.3 is 18.6 Å². The quantitative estimate of drug-likeness (QED) is 0.532. The number of rotatable bonds is 5. The Balaban J connectivity index is 1.92. The summed E-state index contributed by atoms with van der Waals surface area (Å²) >= 11 is 1.56. The second kappa shape index (κ2) is 8.91. The molecule has 0 bridgehead atoms. The third-order valence-electron chi connectivity index (χ3n) is 5.12. The second-order valence-corrected chi connectivity index (χ2v) is 11.9. The third kappa shape index (κ3) is 5.03. The zero-order chi connectivity index (χ0) is 21.1. The van der Waals surface area contributed by atoms with Crippen LogP contribution < -0.4 is 10.4 Å². The number of hydrogen-bond acceptors (Lipinski definition) is 6. The molecule has 156 valence electrons. The minimum absolute atomic E-state index is 0.190. The van der Waals surface area contributed by atoms with Crippen LogP contribution in [0.15, 0.2) is 60.7 Å². The molecule has 0 saturated carbocycles. The highest BCUT2D eigenvalue weighted by atomic mass is 32.2. The van der Waals surface area contributed by atoms with Crippen molar-refractivity contribution in [2.75, 3.05) is 7.11 Å². The predicted octanol–water partition coefficient (Wildman–Crippen LogP) is 3.50. The van der Waals surface area contributed by atoms with Gasteiger partial charge in [-0.05, 0) is 17.3 Å². The number of carbonyl (C=O) groups is 1. The molecule has 2 aromatic carbocycles. The lowest BCUT2D eigenvalue weighted by Crippen LogP contribution is -2.48. The standard InChI is InChI=1S/C22H28O5SSi/c1-21(2,3)22(4)26-18(25-20(23)24-5)19(28-22)27-29(16-12-8-6-9-13-16)17-14-10-7-11-15-17/h6-15,18-19,29H,1-5H3/t18-,19+,22?/m0/s1. The first-order valence-electron chi connectivity index (χ1n) is 9.59. The SMILES string of the molecule is COC(=O)O[C@H]1OC(C)(C(C)(C)C)S[C@H]1O[SiH](c1ccccc1)c1ccccc1. The molecule has 0 N–H and O–H groups in total. The summed E-state index contributed by atoms with van der Waals surface area (Å²) in [6.45, 7) is 8.30. The number of benzene rings is 2. The Morgan fingerprint density at radius 1 is 1.03 bits per heavy atom.